The van der Waals surface area contributed by atoms with Crippen LogP contribution in [-0.2, 0) is 12.8 Å². The van der Waals surface area contributed by atoms with Gasteiger partial charge < -0.3 is 5.32 Å². The van der Waals surface area contributed by atoms with Crippen LogP contribution >= 0.6 is 23.4 Å². The summed E-state index contributed by atoms with van der Waals surface area (Å²) in [5, 5.41) is 15.2. The van der Waals surface area contributed by atoms with E-state index < -0.39 is 4.92 Å². The SMILES string of the molecule is CCc1cccc(CC)c1NC(=O)c1ccc(Sc2ccc(Cl)cc2)c([N+](=O)[O-])c1. The van der Waals surface area contributed by atoms with E-state index in [-0.39, 0.29) is 17.2 Å². The number of aryl methyl sites for hydroxylation is 2. The van der Waals surface area contributed by atoms with Crippen LogP contribution in [0, 0.1) is 10.1 Å². The van der Waals surface area contributed by atoms with Crippen molar-refractivity contribution in [3.8, 4) is 0 Å². The van der Waals surface area contributed by atoms with Gasteiger partial charge in [-0.15, -0.1) is 0 Å². The van der Waals surface area contributed by atoms with Crippen LogP contribution in [0.4, 0.5) is 11.4 Å². The second kappa shape index (κ2) is 9.78. The summed E-state index contributed by atoms with van der Waals surface area (Å²) in [4.78, 5) is 25.3. The molecule has 0 spiro atoms. The van der Waals surface area contributed by atoms with Gasteiger partial charge in [-0.1, -0.05) is 55.4 Å². The number of rotatable bonds is 7. The predicted octanol–water partition coefficient (Wildman–Crippen LogP) is 6.78. The Hall–Kier alpha value is -2.83. The van der Waals surface area contributed by atoms with Crippen molar-refractivity contribution in [3.63, 3.8) is 0 Å². The molecule has 3 aromatic rings. The Kier molecular flexibility index (Phi) is 7.13. The van der Waals surface area contributed by atoms with Crippen LogP contribution < -0.4 is 5.32 Å². The summed E-state index contributed by atoms with van der Waals surface area (Å²) in [7, 11) is 0. The van der Waals surface area contributed by atoms with Crippen LogP contribution in [0.25, 0.3) is 0 Å². The van der Waals surface area contributed by atoms with E-state index in [1.54, 1.807) is 36.4 Å². The molecule has 0 atom stereocenters. The number of hydrogen-bond donors (Lipinski definition) is 1. The van der Waals surface area contributed by atoms with Crippen molar-refractivity contribution in [2.24, 2.45) is 0 Å². The van der Waals surface area contributed by atoms with Crippen LogP contribution in [0.15, 0.2) is 70.5 Å². The average molecular weight is 441 g/mol. The molecular formula is C23H21ClN2O3S. The van der Waals surface area contributed by atoms with E-state index in [2.05, 4.69) is 5.32 Å². The number of para-hydroxylation sites is 1. The molecule has 0 aliphatic heterocycles. The van der Waals surface area contributed by atoms with Crippen molar-refractivity contribution in [1.29, 1.82) is 0 Å². The fraction of sp³-hybridized carbons (Fsp3) is 0.174. The van der Waals surface area contributed by atoms with Gasteiger partial charge in [-0.3, -0.25) is 14.9 Å². The molecule has 0 bridgehead atoms. The lowest BCUT2D eigenvalue weighted by Gasteiger charge is -2.14. The van der Waals surface area contributed by atoms with Crippen molar-refractivity contribution in [2.75, 3.05) is 5.32 Å². The second-order valence-electron chi connectivity index (χ2n) is 6.61. The molecule has 0 radical (unpaired) electrons. The summed E-state index contributed by atoms with van der Waals surface area (Å²) in [6.45, 7) is 4.05. The number of carbonyl (C=O) groups excluding carboxylic acids is 1. The van der Waals surface area contributed by atoms with E-state index in [1.165, 1.54) is 17.8 Å². The summed E-state index contributed by atoms with van der Waals surface area (Å²) in [6, 6.07) is 17.5. The first-order valence-corrected chi connectivity index (χ1v) is 10.8. The molecular weight excluding hydrogens is 420 g/mol. The normalized spacial score (nSPS) is 10.6. The van der Waals surface area contributed by atoms with Crippen molar-refractivity contribution in [3.05, 3.63) is 92.5 Å². The molecule has 0 aliphatic carbocycles. The van der Waals surface area contributed by atoms with Gasteiger partial charge in [0.1, 0.15) is 0 Å². The minimum atomic E-state index is -0.466. The van der Waals surface area contributed by atoms with Crippen molar-refractivity contribution in [1.82, 2.24) is 0 Å². The van der Waals surface area contributed by atoms with Crippen LogP contribution in [0.1, 0.15) is 35.3 Å². The fourth-order valence-corrected chi connectivity index (χ4v) is 4.13. The number of amides is 1. The molecule has 0 heterocycles. The van der Waals surface area contributed by atoms with Crippen molar-refractivity contribution >= 4 is 40.6 Å². The lowest BCUT2D eigenvalue weighted by molar-refractivity contribution is -0.387. The van der Waals surface area contributed by atoms with Crippen molar-refractivity contribution in [2.45, 2.75) is 36.5 Å². The number of halogens is 1. The number of nitro benzene ring substituents is 1. The molecule has 0 fully saturated rings. The Balaban J connectivity index is 1.90. The number of anilines is 1. The zero-order chi connectivity index (χ0) is 21.7. The third kappa shape index (κ3) is 5.01. The fourth-order valence-electron chi connectivity index (χ4n) is 3.11. The van der Waals surface area contributed by atoms with Crippen LogP contribution in [0.5, 0.6) is 0 Å². The number of nitrogens with zero attached hydrogens (tertiary/aromatic N) is 1. The van der Waals surface area contributed by atoms with Crippen molar-refractivity contribution < 1.29 is 9.72 Å². The molecule has 0 aromatic heterocycles. The van der Waals surface area contributed by atoms with Gasteiger partial charge in [-0.05, 0) is 60.4 Å². The largest absolute Gasteiger partial charge is 0.321 e. The van der Waals surface area contributed by atoms with Crippen LogP contribution in [0.3, 0.4) is 0 Å². The van der Waals surface area contributed by atoms with Gasteiger partial charge in [0.05, 0.1) is 9.82 Å². The first kappa shape index (κ1) is 21.9. The smallest absolute Gasteiger partial charge is 0.284 e. The first-order chi connectivity index (χ1) is 14.4. The lowest BCUT2D eigenvalue weighted by Crippen LogP contribution is -2.15. The molecule has 1 N–H and O–H groups in total. The predicted molar refractivity (Wildman–Crippen MR) is 122 cm³/mol. The molecule has 0 aliphatic rings. The van der Waals surface area contributed by atoms with Gasteiger partial charge in [0, 0.05) is 27.2 Å². The summed E-state index contributed by atoms with van der Waals surface area (Å²) in [5.74, 6) is -0.364. The minimum absolute atomic E-state index is 0.109. The Morgan fingerprint density at radius 1 is 1.03 bits per heavy atom. The molecule has 5 nitrogen and oxygen atoms in total. The zero-order valence-electron chi connectivity index (χ0n) is 16.6. The van der Waals surface area contributed by atoms with Gasteiger partial charge in [0.2, 0.25) is 0 Å². The van der Waals surface area contributed by atoms with E-state index >= 15 is 0 Å². The molecule has 7 heteroatoms. The standard InChI is InChI=1S/C23H21ClN2O3S/c1-3-15-6-5-7-16(4-2)22(15)25-23(27)17-8-13-21(20(14-17)26(28)29)30-19-11-9-18(24)10-12-19/h5-14H,3-4H2,1-2H3,(H,25,27). The first-order valence-electron chi connectivity index (χ1n) is 9.56. The highest BCUT2D eigenvalue weighted by Gasteiger charge is 2.19. The topological polar surface area (TPSA) is 72.2 Å². The number of nitrogens with one attached hydrogen (secondary N) is 1. The molecule has 0 saturated heterocycles. The van der Waals surface area contributed by atoms with Gasteiger partial charge >= 0.3 is 0 Å². The van der Waals surface area contributed by atoms with E-state index in [9.17, 15) is 14.9 Å². The van der Waals surface area contributed by atoms with Gasteiger partial charge in [0.15, 0.2) is 0 Å². The maximum absolute atomic E-state index is 12.9. The Bertz CT molecular complexity index is 1060. The molecule has 1 amide bonds. The average Bonchev–Trinajstić information content (AvgIpc) is 2.75. The van der Waals surface area contributed by atoms with E-state index in [0.29, 0.717) is 9.92 Å². The number of nitro groups is 1. The Morgan fingerprint density at radius 3 is 2.23 bits per heavy atom. The van der Waals surface area contributed by atoms with Gasteiger partial charge in [-0.25, -0.2) is 0 Å². The van der Waals surface area contributed by atoms with Crippen LogP contribution in [-0.4, -0.2) is 10.8 Å². The molecule has 154 valence electrons. The van der Waals surface area contributed by atoms with Gasteiger partial charge in [0.25, 0.3) is 11.6 Å². The van der Waals surface area contributed by atoms with E-state index in [0.717, 1.165) is 34.6 Å². The molecule has 30 heavy (non-hydrogen) atoms. The molecule has 0 saturated carbocycles. The Morgan fingerprint density at radius 2 is 1.67 bits per heavy atom. The van der Waals surface area contributed by atoms with E-state index in [4.69, 9.17) is 11.6 Å². The molecule has 3 aromatic carbocycles. The summed E-state index contributed by atoms with van der Waals surface area (Å²) < 4.78 is 0. The van der Waals surface area contributed by atoms with Gasteiger partial charge in [-0.2, -0.15) is 0 Å². The maximum Gasteiger partial charge on any atom is 0.284 e. The Labute approximate surface area is 184 Å². The quantitative estimate of drug-likeness (QED) is 0.324. The van der Waals surface area contributed by atoms with Crippen LogP contribution in [0.2, 0.25) is 5.02 Å². The minimum Gasteiger partial charge on any atom is -0.321 e. The monoisotopic (exact) mass is 440 g/mol. The number of benzene rings is 3. The highest BCUT2D eigenvalue weighted by Crippen LogP contribution is 2.36. The lowest BCUT2D eigenvalue weighted by atomic mass is 10.0. The molecule has 0 unspecified atom stereocenters. The summed E-state index contributed by atoms with van der Waals surface area (Å²) in [5.41, 5.74) is 2.99. The third-order valence-electron chi connectivity index (χ3n) is 4.70. The summed E-state index contributed by atoms with van der Waals surface area (Å²) >= 11 is 7.16. The highest BCUT2D eigenvalue weighted by atomic mass is 35.5. The number of hydrogen-bond acceptors (Lipinski definition) is 4. The zero-order valence-corrected chi connectivity index (χ0v) is 18.2. The summed E-state index contributed by atoms with van der Waals surface area (Å²) in [6.07, 6.45) is 1.56. The molecule has 3 rings (SSSR count). The maximum atomic E-state index is 12.9. The third-order valence-corrected chi connectivity index (χ3v) is 6.02. The van der Waals surface area contributed by atoms with E-state index in [1.807, 2.05) is 32.0 Å². The number of carbonyl (C=O) groups is 1. The second-order valence-corrected chi connectivity index (χ2v) is 8.16. The highest BCUT2D eigenvalue weighted by molar-refractivity contribution is 7.99.